The number of hydrogen-bond acceptors (Lipinski definition) is 2. The summed E-state index contributed by atoms with van der Waals surface area (Å²) >= 11 is 0. The van der Waals surface area contributed by atoms with Gasteiger partial charge in [-0.05, 0) is 32.6 Å². The minimum absolute atomic E-state index is 0.0654. The third kappa shape index (κ3) is 8.66. The number of likely N-dealkylation sites (N-methyl/N-ethyl adjacent to an activating group) is 1. The first-order valence-electron chi connectivity index (χ1n) is 10.4. The monoisotopic (exact) mass is 350 g/mol. The largest absolute Gasteiger partial charge is 0.351 e. The molecule has 1 atom stereocenters. The Balaban J connectivity index is 2.19. The Morgan fingerprint density at radius 2 is 1.84 bits per heavy atom. The normalized spacial score (nSPS) is 20.2. The van der Waals surface area contributed by atoms with Crippen molar-refractivity contribution in [2.75, 3.05) is 32.7 Å². The SMILES string of the molecule is CCCC/C=C/CCCCCCC1=NCC[N+]1(CC)CCNC(C)=O. The number of carbonyl (C=O) groups is 1. The van der Waals surface area contributed by atoms with E-state index in [-0.39, 0.29) is 5.91 Å². The number of allylic oxidation sites excluding steroid dienone is 2. The molecule has 1 unspecified atom stereocenters. The lowest BCUT2D eigenvalue weighted by molar-refractivity contribution is -0.833. The van der Waals surface area contributed by atoms with Crippen molar-refractivity contribution in [3.05, 3.63) is 12.2 Å². The van der Waals surface area contributed by atoms with E-state index in [1.165, 1.54) is 57.2 Å². The number of rotatable bonds is 14. The predicted octanol–water partition coefficient (Wildman–Crippen LogP) is 4.46. The number of amides is 1. The van der Waals surface area contributed by atoms with Gasteiger partial charge in [0.2, 0.25) is 5.91 Å². The molecule has 0 bridgehead atoms. The highest BCUT2D eigenvalue weighted by Crippen LogP contribution is 2.19. The molecule has 25 heavy (non-hydrogen) atoms. The Bertz CT molecular complexity index is 431. The molecule has 0 saturated carbocycles. The number of hydrogen-bond donors (Lipinski definition) is 1. The highest BCUT2D eigenvalue weighted by Gasteiger charge is 2.35. The van der Waals surface area contributed by atoms with E-state index < -0.39 is 0 Å². The standard InChI is InChI=1S/C21H39N3O/c1-4-6-7-8-9-10-11-12-13-14-15-21-23-17-19-24(21,5-2)18-16-22-20(3)25/h8-9H,4-7,10-19H2,1-3H3/p+1/b9-8+. The van der Waals surface area contributed by atoms with Crippen molar-refractivity contribution in [2.24, 2.45) is 4.99 Å². The summed E-state index contributed by atoms with van der Waals surface area (Å²) in [6.07, 6.45) is 16.1. The summed E-state index contributed by atoms with van der Waals surface area (Å²) < 4.78 is 0.987. The van der Waals surface area contributed by atoms with Gasteiger partial charge in [0, 0.05) is 13.3 Å². The van der Waals surface area contributed by atoms with Gasteiger partial charge in [-0.2, -0.15) is 0 Å². The van der Waals surface area contributed by atoms with Crippen LogP contribution in [0, 0.1) is 0 Å². The van der Waals surface area contributed by atoms with E-state index in [0.29, 0.717) is 0 Å². The first-order valence-corrected chi connectivity index (χ1v) is 10.4. The highest BCUT2D eigenvalue weighted by atomic mass is 16.1. The summed E-state index contributed by atoms with van der Waals surface area (Å²) in [5.74, 6) is 1.43. The fourth-order valence-electron chi connectivity index (χ4n) is 3.61. The summed E-state index contributed by atoms with van der Waals surface area (Å²) in [5.41, 5.74) is 0. The van der Waals surface area contributed by atoms with Crippen LogP contribution >= 0.6 is 0 Å². The van der Waals surface area contributed by atoms with E-state index in [4.69, 9.17) is 4.99 Å². The molecule has 0 saturated heterocycles. The third-order valence-corrected chi connectivity index (χ3v) is 5.30. The van der Waals surface area contributed by atoms with Gasteiger partial charge in [0.15, 0.2) is 5.84 Å². The maximum atomic E-state index is 11.1. The van der Waals surface area contributed by atoms with E-state index in [2.05, 4.69) is 31.3 Å². The minimum Gasteiger partial charge on any atom is -0.351 e. The topological polar surface area (TPSA) is 41.5 Å². The molecule has 1 N–H and O–H groups in total. The van der Waals surface area contributed by atoms with E-state index in [9.17, 15) is 4.79 Å². The molecule has 1 heterocycles. The van der Waals surface area contributed by atoms with Gasteiger partial charge in [-0.15, -0.1) is 0 Å². The van der Waals surface area contributed by atoms with Crippen LogP contribution in [-0.4, -0.2) is 48.9 Å². The maximum Gasteiger partial charge on any atom is 0.217 e. The van der Waals surface area contributed by atoms with Crippen molar-refractivity contribution in [3.8, 4) is 0 Å². The Labute approximate surface area is 155 Å². The first-order chi connectivity index (χ1) is 12.1. The summed E-state index contributed by atoms with van der Waals surface area (Å²) in [6.45, 7) is 11.0. The number of carbonyl (C=O) groups excluding carboxylic acids is 1. The molecule has 0 aromatic heterocycles. The number of amidine groups is 1. The molecule has 144 valence electrons. The van der Waals surface area contributed by atoms with Crippen molar-refractivity contribution < 1.29 is 9.28 Å². The van der Waals surface area contributed by atoms with E-state index >= 15 is 0 Å². The van der Waals surface area contributed by atoms with Gasteiger partial charge in [-0.3, -0.25) is 9.28 Å². The Hall–Kier alpha value is -1.16. The van der Waals surface area contributed by atoms with Crippen LogP contribution in [0.3, 0.4) is 0 Å². The first kappa shape index (κ1) is 21.9. The molecule has 0 aromatic carbocycles. The van der Waals surface area contributed by atoms with Crippen LogP contribution in [0.15, 0.2) is 17.1 Å². The van der Waals surface area contributed by atoms with Crippen molar-refractivity contribution in [1.29, 1.82) is 0 Å². The van der Waals surface area contributed by atoms with Gasteiger partial charge in [0.25, 0.3) is 0 Å². The van der Waals surface area contributed by atoms with Crippen LogP contribution in [0.2, 0.25) is 0 Å². The van der Waals surface area contributed by atoms with Gasteiger partial charge in [0.1, 0.15) is 13.1 Å². The molecular formula is C21H40N3O+. The molecule has 1 rings (SSSR count). The fourth-order valence-corrected chi connectivity index (χ4v) is 3.61. The van der Waals surface area contributed by atoms with Crippen LogP contribution in [-0.2, 0) is 4.79 Å². The van der Waals surface area contributed by atoms with E-state index in [0.717, 1.165) is 43.6 Å². The van der Waals surface area contributed by atoms with Gasteiger partial charge in [-0.25, -0.2) is 4.99 Å². The van der Waals surface area contributed by atoms with Crippen molar-refractivity contribution >= 4 is 11.7 Å². The minimum atomic E-state index is 0.0654. The zero-order chi connectivity index (χ0) is 18.4. The van der Waals surface area contributed by atoms with Gasteiger partial charge >= 0.3 is 0 Å². The third-order valence-electron chi connectivity index (χ3n) is 5.30. The number of nitrogens with zero attached hydrogens (tertiary/aromatic N) is 2. The summed E-state index contributed by atoms with van der Waals surface area (Å²) in [4.78, 5) is 15.9. The highest BCUT2D eigenvalue weighted by molar-refractivity contribution is 5.77. The summed E-state index contributed by atoms with van der Waals surface area (Å²) in [6, 6.07) is 0. The van der Waals surface area contributed by atoms with Crippen LogP contribution in [0.25, 0.3) is 0 Å². The van der Waals surface area contributed by atoms with Crippen LogP contribution in [0.4, 0.5) is 0 Å². The molecule has 1 amide bonds. The predicted molar refractivity (Wildman–Crippen MR) is 108 cm³/mol. The van der Waals surface area contributed by atoms with Gasteiger partial charge in [-0.1, -0.05) is 44.8 Å². The molecule has 0 radical (unpaired) electrons. The summed E-state index contributed by atoms with van der Waals surface area (Å²) in [7, 11) is 0. The molecule has 0 aliphatic carbocycles. The lowest BCUT2D eigenvalue weighted by Gasteiger charge is -2.33. The lowest BCUT2D eigenvalue weighted by Crippen LogP contribution is -2.54. The van der Waals surface area contributed by atoms with Crippen molar-refractivity contribution in [2.45, 2.75) is 78.6 Å². The molecule has 0 spiro atoms. The molecule has 4 heteroatoms. The molecular weight excluding hydrogens is 310 g/mol. The van der Waals surface area contributed by atoms with E-state index in [1.54, 1.807) is 6.92 Å². The Kier molecular flexibility index (Phi) is 11.5. The smallest absolute Gasteiger partial charge is 0.217 e. The number of nitrogens with one attached hydrogen (secondary N) is 1. The van der Waals surface area contributed by atoms with Crippen LogP contribution in [0.1, 0.15) is 78.6 Å². The van der Waals surface area contributed by atoms with Gasteiger partial charge < -0.3 is 5.32 Å². The molecule has 4 nitrogen and oxygen atoms in total. The molecule has 1 aliphatic heterocycles. The van der Waals surface area contributed by atoms with Crippen LogP contribution in [0.5, 0.6) is 0 Å². The second kappa shape index (κ2) is 13.1. The maximum absolute atomic E-state index is 11.1. The molecule has 0 aromatic rings. The van der Waals surface area contributed by atoms with E-state index in [1.807, 2.05) is 0 Å². The molecule has 0 fully saturated rings. The second-order valence-electron chi connectivity index (χ2n) is 7.26. The quantitative estimate of drug-likeness (QED) is 0.280. The second-order valence-corrected chi connectivity index (χ2v) is 7.26. The fraction of sp³-hybridized carbons (Fsp3) is 0.810. The Morgan fingerprint density at radius 1 is 1.12 bits per heavy atom. The molecule has 1 aliphatic rings. The zero-order valence-electron chi connectivity index (χ0n) is 16.9. The van der Waals surface area contributed by atoms with Crippen molar-refractivity contribution in [3.63, 3.8) is 0 Å². The number of aliphatic imine (C=N–C) groups is 1. The Morgan fingerprint density at radius 3 is 2.52 bits per heavy atom. The average molecular weight is 351 g/mol. The van der Waals surface area contributed by atoms with Crippen LogP contribution < -0.4 is 5.32 Å². The number of unbranched alkanes of at least 4 members (excludes halogenated alkanes) is 6. The van der Waals surface area contributed by atoms with Gasteiger partial charge in [0.05, 0.1) is 19.6 Å². The van der Waals surface area contributed by atoms with Crippen molar-refractivity contribution in [1.82, 2.24) is 5.32 Å². The lowest BCUT2D eigenvalue weighted by atomic mass is 10.1. The average Bonchev–Trinajstić information content (AvgIpc) is 2.99. The zero-order valence-corrected chi connectivity index (χ0v) is 16.9. The number of quaternary nitrogens is 1. The summed E-state index contributed by atoms with van der Waals surface area (Å²) in [5, 5.41) is 2.94.